The molecule has 10 aliphatic heterocycles. The number of methoxy groups -OCH3 is 2. The first-order valence-electron chi connectivity index (χ1n) is 46.3. The van der Waals surface area contributed by atoms with Crippen molar-refractivity contribution >= 4 is 189 Å². The van der Waals surface area contributed by atoms with Gasteiger partial charge in [0.05, 0.1) is 47.3 Å². The molecule has 0 aliphatic carbocycles. The standard InChI is InChI=1S/C23H30ClFN4O5.C18H21ClN2O5.C18H22N2O5.C17H20ClN3O4.C12H12ClN3O2.C11H20FNO4.ClH/c1-21(2,3)34-20(33)28-15(9-22(4,5)25)18(31)29-11-23(10-16(29)17(26)30)13-8-12(24)6-7-14(13)27-19(23)32;1-17(2,3)26-16(24)21-9-18(8-13(21)14(22)25-4)11-7-10(19)5-6-12(11)20-15(18)23;1-17(2,3)25-16(23)20-10-18(9-13(20)14(21)24-4)11-7-5-6-8-12(11)19-15(18)22;1-16(2,3)25-15(24)21-8-17(7-12(21)13(19)22)10-6-9(18)4-5-11(10)20-14(17)23;13-6-1-2-8-7(3-6)12(11(18)16-8)4-9(10(14)17)15-5-12;1-10(2,3)17-9(16)13-7(8(14)15)6-11(4,5)12;/h6-8,15-16H,9-11H2,1-5H3,(H2,26,30)(H,27,32)(H,28,33);5-7,13H,8-9H2,1-4H3,(H,20,23);5-8,13H,9-10H2,1-4H3,(H,19,22);4-6,12H,7-8H2,1-3H3,(H2,19,22)(H,20,23);1-3,9,15H,4-5H2,(H2,14,17)(H,16,18);7H,6H2,1-5H3,(H,13,16)(H,14,15);1H/t15-,16-,23-;2*13-,18-;12-,17-;9-,12-;7-;/m000000./s1. The average molecular weight is 2140 g/mol. The number of carboxylic acids is 1. The minimum atomic E-state index is -1.83. The fraction of sp³-hybridized carbons (Fsp3) is 0.525. The van der Waals surface area contributed by atoms with Gasteiger partial charge >= 0.3 is 48.4 Å². The molecule has 12 atom stereocenters. The van der Waals surface area contributed by atoms with Crippen LogP contribution in [0.4, 0.5) is 61.2 Å². The number of hydrogen-bond acceptors (Lipinski definition) is 25. The molecule has 0 saturated carbocycles. The number of aliphatic carboxylic acids is 1. The number of carbonyl (C=O) groups is 17. The normalized spacial score (nSPS) is 23.5. The summed E-state index contributed by atoms with van der Waals surface area (Å²) in [4.78, 5) is 214. The van der Waals surface area contributed by atoms with Crippen LogP contribution in [0.5, 0.6) is 0 Å². The highest BCUT2D eigenvalue weighted by atomic mass is 35.5. The summed E-state index contributed by atoms with van der Waals surface area (Å²) in [6, 6.07) is 20.7. The Hall–Kier alpha value is -12.6. The summed E-state index contributed by atoms with van der Waals surface area (Å²) in [6.45, 7) is 30.9. The van der Waals surface area contributed by atoms with Gasteiger partial charge in [-0.25, -0.2) is 47.1 Å². The topological polar surface area (TPSA) is 562 Å². The van der Waals surface area contributed by atoms with Crippen LogP contribution in [0.25, 0.3) is 0 Å². The van der Waals surface area contributed by atoms with Crippen LogP contribution >= 0.6 is 58.8 Å². The molecule has 10 aliphatic rings. The number of para-hydroxylation sites is 1. The second kappa shape index (κ2) is 43.8. The van der Waals surface area contributed by atoms with Gasteiger partial charge in [-0.2, -0.15) is 0 Å². The Bertz CT molecular complexity index is 5990. The summed E-state index contributed by atoms with van der Waals surface area (Å²) in [5.74, 6) is -6.35. The minimum Gasteiger partial charge on any atom is -0.480 e. The highest BCUT2D eigenvalue weighted by Gasteiger charge is 2.64. The molecule has 0 unspecified atom stereocenters. The van der Waals surface area contributed by atoms with Gasteiger partial charge in [0.2, 0.25) is 53.2 Å². The van der Waals surface area contributed by atoms with E-state index in [0.29, 0.717) is 72.5 Å². The summed E-state index contributed by atoms with van der Waals surface area (Å²) >= 11 is 24.3. The van der Waals surface area contributed by atoms with Crippen LogP contribution in [-0.4, -0.2) is 255 Å². The molecule has 146 heavy (non-hydrogen) atoms. The third kappa shape index (κ3) is 26.8. The van der Waals surface area contributed by atoms with Gasteiger partial charge < -0.3 is 103 Å². The Balaban J connectivity index is 0.000000197. The lowest BCUT2D eigenvalue weighted by atomic mass is 9.79. The van der Waals surface area contributed by atoms with Gasteiger partial charge in [-0.05, 0) is 270 Å². The first kappa shape index (κ1) is 117. The summed E-state index contributed by atoms with van der Waals surface area (Å²) < 4.78 is 64.0. The van der Waals surface area contributed by atoms with Gasteiger partial charge in [-0.1, -0.05) is 64.6 Å². The number of halogens is 7. The summed E-state index contributed by atoms with van der Waals surface area (Å²) in [7, 11) is 2.52. The number of alkyl halides is 2. The van der Waals surface area contributed by atoms with E-state index in [9.17, 15) is 90.3 Å². The predicted octanol–water partition coefficient (Wildman–Crippen LogP) is 12.3. The van der Waals surface area contributed by atoms with E-state index in [4.69, 9.17) is 102 Å². The number of hydrogen-bond donors (Lipinski definition) is 12. The van der Waals surface area contributed by atoms with Gasteiger partial charge in [0.15, 0.2) is 0 Å². The Morgan fingerprint density at radius 2 is 0.664 bits per heavy atom. The quantitative estimate of drug-likeness (QED) is 0.0385. The lowest BCUT2D eigenvalue weighted by Gasteiger charge is -2.31. The number of benzene rings is 5. The van der Waals surface area contributed by atoms with E-state index in [1.54, 1.807) is 177 Å². The Kier molecular flexibility index (Phi) is 35.1. The fourth-order valence-electron chi connectivity index (χ4n) is 18.8. The van der Waals surface area contributed by atoms with E-state index >= 15 is 0 Å². The second-order valence-corrected chi connectivity index (χ2v) is 44.9. The van der Waals surface area contributed by atoms with Crippen molar-refractivity contribution in [3.8, 4) is 0 Å². The Morgan fingerprint density at radius 1 is 0.390 bits per heavy atom. The largest absolute Gasteiger partial charge is 0.480 e. The van der Waals surface area contributed by atoms with Crippen molar-refractivity contribution in [1.82, 2.24) is 35.6 Å². The van der Waals surface area contributed by atoms with Crippen molar-refractivity contribution in [2.24, 2.45) is 17.2 Å². The number of fused-ring (bicyclic) bond motifs is 10. The van der Waals surface area contributed by atoms with E-state index in [0.717, 1.165) is 21.7 Å². The maximum absolute atomic E-state index is 14.6. The number of rotatable bonds is 13. The van der Waals surface area contributed by atoms with Crippen molar-refractivity contribution in [2.75, 3.05) is 73.5 Å². The average Bonchev–Trinajstić information content (AvgIpc) is 1.57. The zero-order chi connectivity index (χ0) is 109. The monoisotopic (exact) mass is 2140 g/mol. The number of amides is 14. The number of primary amides is 3. The number of carbonyl (C=O) groups excluding carboxylic acids is 16. The molecule has 14 amide bonds. The number of nitrogens with zero attached hydrogens (tertiary/aromatic N) is 4. The van der Waals surface area contributed by atoms with Crippen molar-refractivity contribution in [3.05, 3.63) is 145 Å². The molecule has 5 aromatic carbocycles. The van der Waals surface area contributed by atoms with E-state index in [-0.39, 0.29) is 101 Å². The molecular weight excluding hydrogens is 2010 g/mol. The highest BCUT2D eigenvalue weighted by Crippen LogP contribution is 2.53. The number of ether oxygens (including phenoxy) is 7. The Labute approximate surface area is 868 Å². The van der Waals surface area contributed by atoms with Crippen LogP contribution < -0.4 is 59.7 Å². The van der Waals surface area contributed by atoms with Gasteiger partial charge in [0.25, 0.3) is 0 Å². The number of carboxylic acid groups (broad SMARTS) is 1. The zero-order valence-electron chi connectivity index (χ0n) is 84.7. The maximum atomic E-state index is 14.6. The molecule has 10 heterocycles. The van der Waals surface area contributed by atoms with Crippen LogP contribution in [0.3, 0.4) is 0 Å². The van der Waals surface area contributed by atoms with E-state index in [1.165, 1.54) is 56.6 Å². The number of likely N-dealkylation sites (tertiary alicyclic amines) is 4. The second-order valence-electron chi connectivity index (χ2n) is 43.1. The number of esters is 2. The highest BCUT2D eigenvalue weighted by molar-refractivity contribution is 6.32. The predicted molar refractivity (Wildman–Crippen MR) is 537 cm³/mol. The van der Waals surface area contributed by atoms with Crippen LogP contribution in [0.2, 0.25) is 20.1 Å². The van der Waals surface area contributed by atoms with Crippen LogP contribution in [0.15, 0.2) is 97.1 Å². The third-order valence-corrected chi connectivity index (χ3v) is 25.9. The fourth-order valence-corrected chi connectivity index (χ4v) is 19.5. The van der Waals surface area contributed by atoms with Gasteiger partial charge in [0.1, 0.15) is 75.6 Å². The number of alkyl carbamates (subject to hydrolysis) is 2. The van der Waals surface area contributed by atoms with E-state index in [2.05, 4.69) is 42.5 Å². The zero-order valence-corrected chi connectivity index (χ0v) is 88.5. The van der Waals surface area contributed by atoms with Crippen molar-refractivity contribution in [3.63, 3.8) is 0 Å². The van der Waals surface area contributed by atoms with Crippen molar-refractivity contribution in [2.45, 2.75) is 285 Å². The molecule has 0 radical (unpaired) electrons. The molecule has 0 aromatic heterocycles. The lowest BCUT2D eigenvalue weighted by molar-refractivity contribution is -0.146. The first-order valence-corrected chi connectivity index (χ1v) is 47.8. The molecule has 40 nitrogen and oxygen atoms in total. The summed E-state index contributed by atoms with van der Waals surface area (Å²) in [5, 5.41) is 32.4. The third-order valence-electron chi connectivity index (χ3n) is 25.0. The van der Waals surface area contributed by atoms with Crippen LogP contribution in [-0.2, 0) is 118 Å². The molecule has 15 rings (SSSR count). The first-order chi connectivity index (χ1) is 66.7. The minimum absolute atomic E-state index is 0. The number of anilines is 5. The van der Waals surface area contributed by atoms with Crippen LogP contribution in [0.1, 0.15) is 204 Å². The Morgan fingerprint density at radius 3 is 0.966 bits per heavy atom. The number of nitrogens with two attached hydrogens (primary N) is 3. The molecule has 15 N–H and O–H groups in total. The van der Waals surface area contributed by atoms with Gasteiger partial charge in [0, 0.05) is 94.1 Å². The van der Waals surface area contributed by atoms with Crippen LogP contribution in [0, 0.1) is 0 Å². The molecule has 47 heteroatoms. The van der Waals surface area contributed by atoms with E-state index < -0.39 is 187 Å². The SMILES string of the molecule is CC(C)(C)OC(=O)N1C[C@]2(C[C@H]1C(N)=O)C(=O)Nc1ccc(Cl)cc12.CC(C)(F)C[C@H](NC(=O)OC(C)(C)C)C(=O)N1C[C@]2(C[C@H]1C(N)=O)C(=O)Nc1ccc(Cl)cc12.CC(C)(F)C[C@H](NC(=O)OC(C)(C)C)C(=O)O.COC(=O)[C@@H]1C[C@@]2(CN1C(=O)OC(C)(C)C)C(=O)Nc1ccc(Cl)cc12.COC(=O)[C@@H]1C[C@@]2(CN1C(=O)OC(C)(C)C)C(=O)Nc1ccccc12.Cl.NC(=O)[C@@H]1C[C@@]2(CN1)C(=O)Nc1ccc(Cl)cc12. The molecule has 5 aromatic rings. The molecule has 5 spiro atoms. The smallest absolute Gasteiger partial charge is 0.411 e. The molecule has 796 valence electrons. The molecular formula is C99H126Cl5F2N15O25. The molecule has 5 fully saturated rings. The van der Waals surface area contributed by atoms with Crippen molar-refractivity contribution in [1.29, 1.82) is 0 Å². The molecule has 5 saturated heterocycles. The molecule has 0 bridgehead atoms. The lowest BCUT2D eigenvalue weighted by Crippen LogP contribution is -2.55. The summed E-state index contributed by atoms with van der Waals surface area (Å²) in [6.07, 6.45) is -3.74. The van der Waals surface area contributed by atoms with E-state index in [1.807, 2.05) is 24.3 Å². The summed E-state index contributed by atoms with van der Waals surface area (Å²) in [5.41, 5.74) is 10.9. The van der Waals surface area contributed by atoms with Gasteiger partial charge in [-0.3, -0.25) is 57.9 Å². The number of nitrogens with one attached hydrogen (secondary N) is 8. The van der Waals surface area contributed by atoms with Gasteiger partial charge in [-0.15, -0.1) is 12.4 Å². The van der Waals surface area contributed by atoms with Crippen molar-refractivity contribution < 1.29 is 129 Å². The maximum Gasteiger partial charge on any atom is 0.411 e.